The molecule has 2 amide bonds. The van der Waals surface area contributed by atoms with Crippen molar-refractivity contribution in [3.63, 3.8) is 0 Å². The maximum atomic E-state index is 13.3. The van der Waals surface area contributed by atoms with E-state index in [4.69, 9.17) is 9.47 Å². The van der Waals surface area contributed by atoms with Gasteiger partial charge in [-0.3, -0.25) is 14.5 Å². The quantitative estimate of drug-likeness (QED) is 0.773. The zero-order valence-corrected chi connectivity index (χ0v) is 18.1. The van der Waals surface area contributed by atoms with E-state index in [1.165, 1.54) is 12.8 Å². The average Bonchev–Trinajstić information content (AvgIpc) is 3.44. The lowest BCUT2D eigenvalue weighted by atomic mass is 9.94. The maximum Gasteiger partial charge on any atom is 0.237 e. The minimum Gasteiger partial charge on any atom is -0.454 e. The van der Waals surface area contributed by atoms with E-state index in [0.29, 0.717) is 25.6 Å². The predicted molar refractivity (Wildman–Crippen MR) is 113 cm³/mol. The summed E-state index contributed by atoms with van der Waals surface area (Å²) in [6.07, 6.45) is 4.60. The van der Waals surface area contributed by atoms with Crippen LogP contribution in [-0.4, -0.2) is 60.6 Å². The number of ether oxygens (including phenoxy) is 2. The van der Waals surface area contributed by atoms with Gasteiger partial charge in [0, 0.05) is 38.6 Å². The van der Waals surface area contributed by atoms with Crippen LogP contribution in [0.2, 0.25) is 0 Å². The molecule has 7 nitrogen and oxygen atoms in total. The van der Waals surface area contributed by atoms with Crippen LogP contribution in [0.15, 0.2) is 18.2 Å². The van der Waals surface area contributed by atoms with Crippen molar-refractivity contribution in [3.05, 3.63) is 23.8 Å². The normalized spacial score (nSPS) is 20.6. The van der Waals surface area contributed by atoms with Gasteiger partial charge in [-0.2, -0.15) is 0 Å². The summed E-state index contributed by atoms with van der Waals surface area (Å²) >= 11 is 0. The number of nitrogens with one attached hydrogen (secondary N) is 1. The lowest BCUT2D eigenvalue weighted by Crippen LogP contribution is -2.58. The smallest absolute Gasteiger partial charge is 0.237 e. The van der Waals surface area contributed by atoms with Gasteiger partial charge in [0.2, 0.25) is 18.6 Å². The Morgan fingerprint density at radius 1 is 1.07 bits per heavy atom. The van der Waals surface area contributed by atoms with Gasteiger partial charge in [-0.05, 0) is 36.5 Å². The third kappa shape index (κ3) is 4.56. The molecule has 1 saturated heterocycles. The monoisotopic (exact) mass is 415 g/mol. The number of rotatable bonds is 6. The molecule has 1 aromatic carbocycles. The van der Waals surface area contributed by atoms with Gasteiger partial charge in [0.1, 0.15) is 0 Å². The Morgan fingerprint density at radius 3 is 2.47 bits per heavy atom. The van der Waals surface area contributed by atoms with Crippen molar-refractivity contribution in [1.82, 2.24) is 15.1 Å². The Kier molecular flexibility index (Phi) is 6.46. The molecular weight excluding hydrogens is 382 g/mol. The molecule has 1 saturated carbocycles. The van der Waals surface area contributed by atoms with E-state index in [2.05, 4.69) is 10.2 Å². The molecule has 30 heavy (non-hydrogen) atoms. The second-order valence-electron chi connectivity index (χ2n) is 8.91. The summed E-state index contributed by atoms with van der Waals surface area (Å²) in [5, 5.41) is 3.16. The maximum absolute atomic E-state index is 13.3. The average molecular weight is 416 g/mol. The van der Waals surface area contributed by atoms with Crippen molar-refractivity contribution in [2.24, 2.45) is 11.8 Å². The Labute approximate surface area is 178 Å². The van der Waals surface area contributed by atoms with E-state index in [0.717, 1.165) is 43.0 Å². The summed E-state index contributed by atoms with van der Waals surface area (Å²) in [5.41, 5.74) is 1.00. The van der Waals surface area contributed by atoms with E-state index >= 15 is 0 Å². The largest absolute Gasteiger partial charge is 0.454 e. The van der Waals surface area contributed by atoms with Crippen LogP contribution in [0.4, 0.5) is 0 Å². The number of amides is 2. The fraction of sp³-hybridized carbons (Fsp3) is 0.652. The lowest BCUT2D eigenvalue weighted by Gasteiger charge is -2.41. The highest BCUT2D eigenvalue weighted by Gasteiger charge is 2.37. The highest BCUT2D eigenvalue weighted by atomic mass is 16.7. The molecule has 1 N–H and O–H groups in total. The van der Waals surface area contributed by atoms with Crippen LogP contribution in [0.1, 0.15) is 45.1 Å². The zero-order chi connectivity index (χ0) is 21.1. The van der Waals surface area contributed by atoms with Crippen molar-refractivity contribution in [2.45, 2.75) is 52.1 Å². The van der Waals surface area contributed by atoms with Gasteiger partial charge in [0.25, 0.3) is 0 Å². The van der Waals surface area contributed by atoms with Crippen molar-refractivity contribution >= 4 is 11.8 Å². The highest BCUT2D eigenvalue weighted by Crippen LogP contribution is 2.33. The van der Waals surface area contributed by atoms with Crippen LogP contribution < -0.4 is 14.8 Å². The molecule has 164 valence electrons. The van der Waals surface area contributed by atoms with E-state index in [-0.39, 0.29) is 30.6 Å². The number of fused-ring (bicyclic) bond motifs is 1. The number of carbonyl (C=O) groups excluding carboxylic acids is 2. The van der Waals surface area contributed by atoms with E-state index in [1.54, 1.807) is 0 Å². The molecule has 1 aliphatic carbocycles. The number of carbonyl (C=O) groups is 2. The van der Waals surface area contributed by atoms with Gasteiger partial charge >= 0.3 is 0 Å². The summed E-state index contributed by atoms with van der Waals surface area (Å²) in [7, 11) is 0. The van der Waals surface area contributed by atoms with Crippen LogP contribution in [0.25, 0.3) is 0 Å². The molecule has 1 aromatic rings. The standard InChI is InChI=1S/C23H33N3O4/c1-16(2)23(28)26-11-9-25(10-12-26)21(18-5-3-4-6-18)22(27)24-14-17-7-8-19-20(13-17)30-15-29-19/h7-8,13,16,18,21H,3-6,9-12,14-15H2,1-2H3,(H,24,27). The van der Waals surface area contributed by atoms with Gasteiger partial charge in [-0.15, -0.1) is 0 Å². The third-order valence-corrected chi connectivity index (χ3v) is 6.53. The van der Waals surface area contributed by atoms with Gasteiger partial charge in [0.15, 0.2) is 11.5 Å². The van der Waals surface area contributed by atoms with Crippen molar-refractivity contribution in [3.8, 4) is 11.5 Å². The SMILES string of the molecule is CC(C)C(=O)N1CCN(C(C(=O)NCc2ccc3c(c2)OCO3)C2CCCC2)CC1. The molecular formula is C23H33N3O4. The molecule has 0 radical (unpaired) electrons. The molecule has 1 atom stereocenters. The number of hydrogen-bond donors (Lipinski definition) is 1. The van der Waals surface area contributed by atoms with Gasteiger partial charge < -0.3 is 19.7 Å². The Morgan fingerprint density at radius 2 is 1.77 bits per heavy atom. The summed E-state index contributed by atoms with van der Waals surface area (Å²) in [6.45, 7) is 7.55. The minimum absolute atomic E-state index is 0.0205. The minimum atomic E-state index is -0.113. The van der Waals surface area contributed by atoms with Crippen molar-refractivity contribution < 1.29 is 19.1 Å². The number of benzene rings is 1. The van der Waals surface area contributed by atoms with E-state index < -0.39 is 0 Å². The first kappa shape index (κ1) is 21.0. The summed E-state index contributed by atoms with van der Waals surface area (Å²) in [5.74, 6) is 2.21. The third-order valence-electron chi connectivity index (χ3n) is 6.53. The first-order valence-electron chi connectivity index (χ1n) is 11.2. The van der Waals surface area contributed by atoms with Crippen LogP contribution in [0.3, 0.4) is 0 Å². The number of nitrogens with zero attached hydrogens (tertiary/aromatic N) is 2. The fourth-order valence-corrected chi connectivity index (χ4v) is 4.88. The molecule has 2 fully saturated rings. The molecule has 0 bridgehead atoms. The van der Waals surface area contributed by atoms with Crippen molar-refractivity contribution in [2.75, 3.05) is 33.0 Å². The first-order valence-corrected chi connectivity index (χ1v) is 11.2. The predicted octanol–water partition coefficient (Wildman–Crippen LogP) is 2.39. The first-order chi connectivity index (χ1) is 14.5. The molecule has 2 aliphatic heterocycles. The lowest BCUT2D eigenvalue weighted by molar-refractivity contribution is -0.138. The van der Waals surface area contributed by atoms with Crippen LogP contribution in [0.5, 0.6) is 11.5 Å². The molecule has 1 unspecified atom stereocenters. The van der Waals surface area contributed by atoms with Gasteiger partial charge in [0.05, 0.1) is 6.04 Å². The molecule has 0 aromatic heterocycles. The Bertz CT molecular complexity index is 768. The highest BCUT2D eigenvalue weighted by molar-refractivity contribution is 5.82. The number of hydrogen-bond acceptors (Lipinski definition) is 5. The van der Waals surface area contributed by atoms with Gasteiger partial charge in [-0.1, -0.05) is 32.8 Å². The molecule has 4 rings (SSSR count). The number of piperazine rings is 1. The molecule has 7 heteroatoms. The molecule has 0 spiro atoms. The second kappa shape index (κ2) is 9.25. The van der Waals surface area contributed by atoms with E-state index in [1.807, 2.05) is 36.9 Å². The molecule has 3 aliphatic rings. The van der Waals surface area contributed by atoms with Gasteiger partial charge in [-0.25, -0.2) is 0 Å². The van der Waals surface area contributed by atoms with Crippen LogP contribution in [0, 0.1) is 11.8 Å². The van der Waals surface area contributed by atoms with E-state index in [9.17, 15) is 9.59 Å². The topological polar surface area (TPSA) is 71.1 Å². The van der Waals surface area contributed by atoms with Crippen LogP contribution >= 0.6 is 0 Å². The Balaban J connectivity index is 1.38. The summed E-state index contributed by atoms with van der Waals surface area (Å²) in [6, 6.07) is 5.68. The second-order valence-corrected chi connectivity index (χ2v) is 8.91. The zero-order valence-electron chi connectivity index (χ0n) is 18.1. The molecule has 2 heterocycles. The van der Waals surface area contributed by atoms with Crippen molar-refractivity contribution in [1.29, 1.82) is 0 Å². The fourth-order valence-electron chi connectivity index (χ4n) is 4.88. The van der Waals surface area contributed by atoms with Crippen LogP contribution in [-0.2, 0) is 16.1 Å². The Hall–Kier alpha value is -2.28. The summed E-state index contributed by atoms with van der Waals surface area (Å²) < 4.78 is 10.8. The summed E-state index contributed by atoms with van der Waals surface area (Å²) in [4.78, 5) is 29.8.